The molecule has 0 amide bonds. The molecule has 3 rings (SSSR count). The van der Waals surface area contributed by atoms with Gasteiger partial charge in [-0.3, -0.25) is 4.55 Å². The lowest BCUT2D eigenvalue weighted by molar-refractivity contribution is 0.455. The molecule has 0 radical (unpaired) electrons. The van der Waals surface area contributed by atoms with Gasteiger partial charge in [-0.15, -0.1) is 0 Å². The summed E-state index contributed by atoms with van der Waals surface area (Å²) in [6, 6.07) is 11.9. The molecule has 0 bridgehead atoms. The number of phenolic OH excluding ortho intramolecular Hbond substituents is 2. The lowest BCUT2D eigenvalue weighted by Gasteiger charge is -2.33. The average molecular weight is 494 g/mol. The predicted octanol–water partition coefficient (Wildman–Crippen LogP) is 5.89. The van der Waals surface area contributed by atoms with Crippen LogP contribution in [0.15, 0.2) is 54.6 Å². The lowest BCUT2D eigenvalue weighted by Crippen LogP contribution is -2.38. The van der Waals surface area contributed by atoms with Crippen LogP contribution in [0.25, 0.3) is 0 Å². The monoisotopic (exact) mass is 492 g/mol. The summed E-state index contributed by atoms with van der Waals surface area (Å²) in [6.45, 7) is 0. The molecule has 1 unspecified atom stereocenters. The van der Waals surface area contributed by atoms with Crippen LogP contribution in [0.5, 0.6) is 11.5 Å². The van der Waals surface area contributed by atoms with E-state index < -0.39 is 26.4 Å². The van der Waals surface area contributed by atoms with Crippen LogP contribution < -0.4 is 0 Å². The summed E-state index contributed by atoms with van der Waals surface area (Å²) < 4.78 is 34.0. The molecule has 1 atom stereocenters. The summed E-state index contributed by atoms with van der Waals surface area (Å²) >= 11 is 24.3. The zero-order valence-corrected chi connectivity index (χ0v) is 18.1. The highest BCUT2D eigenvalue weighted by molar-refractivity contribution is 7.87. The Morgan fingerprint density at radius 3 is 2.00 bits per heavy atom. The van der Waals surface area contributed by atoms with Crippen molar-refractivity contribution >= 4 is 56.5 Å². The Bertz CT molecular complexity index is 1190. The van der Waals surface area contributed by atoms with E-state index in [1.54, 1.807) is 0 Å². The first-order chi connectivity index (χ1) is 13.5. The fourth-order valence-corrected chi connectivity index (χ4v) is 5.32. The van der Waals surface area contributed by atoms with Crippen molar-refractivity contribution < 1.29 is 23.2 Å². The zero-order valence-electron chi connectivity index (χ0n) is 14.3. The second-order valence-electron chi connectivity index (χ2n) is 6.10. The molecule has 0 aliphatic carbocycles. The van der Waals surface area contributed by atoms with Gasteiger partial charge >= 0.3 is 0 Å². The minimum Gasteiger partial charge on any atom is -0.506 e. The van der Waals surface area contributed by atoms with Gasteiger partial charge in [0.15, 0.2) is 4.75 Å². The molecule has 0 fully saturated rings. The highest BCUT2D eigenvalue weighted by atomic mass is 35.5. The first kappa shape index (κ1) is 22.0. The van der Waals surface area contributed by atoms with E-state index >= 15 is 0 Å². The number of hydrogen-bond donors (Lipinski definition) is 3. The van der Waals surface area contributed by atoms with Gasteiger partial charge in [0.25, 0.3) is 10.1 Å². The van der Waals surface area contributed by atoms with Gasteiger partial charge in [0.05, 0.1) is 10.0 Å². The van der Waals surface area contributed by atoms with Crippen LogP contribution >= 0.6 is 46.4 Å². The molecule has 3 N–H and O–H groups in total. The maximum atomic E-state index is 13.0. The summed E-state index contributed by atoms with van der Waals surface area (Å²) in [5, 5.41) is 19.8. The van der Waals surface area contributed by atoms with E-state index in [2.05, 4.69) is 0 Å². The average Bonchev–Trinajstić information content (AvgIpc) is 2.62. The number of hydrogen-bond acceptors (Lipinski definition) is 4. The van der Waals surface area contributed by atoms with E-state index in [9.17, 15) is 23.2 Å². The Morgan fingerprint density at radius 2 is 1.41 bits per heavy atom. The van der Waals surface area contributed by atoms with Crippen molar-refractivity contribution in [2.24, 2.45) is 0 Å². The van der Waals surface area contributed by atoms with E-state index in [-0.39, 0.29) is 36.8 Å². The molecular formula is C19H12Cl4O5S. The number of benzene rings is 3. The first-order valence-corrected chi connectivity index (χ1v) is 10.8. The molecular weight excluding hydrogens is 482 g/mol. The Morgan fingerprint density at radius 1 is 0.759 bits per heavy atom. The minimum absolute atomic E-state index is 0.00205. The topological polar surface area (TPSA) is 94.8 Å². The van der Waals surface area contributed by atoms with Crippen LogP contribution in [0.1, 0.15) is 16.7 Å². The standard InChI is InChI=1S/C19H12Cl4O5S/c20-12-4-1-3-10(7-12)19(29(26,27)28,13-5-2-6-15(24)17(13)22)11-8-14(21)18(23)16(25)9-11/h1-9,24-25H,(H,26,27,28). The zero-order chi connectivity index (χ0) is 21.6. The molecule has 3 aromatic carbocycles. The molecule has 0 saturated heterocycles. The van der Waals surface area contributed by atoms with E-state index in [1.807, 2.05) is 0 Å². The van der Waals surface area contributed by atoms with Crippen LogP contribution in [0.4, 0.5) is 0 Å². The normalized spacial score (nSPS) is 13.8. The van der Waals surface area contributed by atoms with Crippen molar-refractivity contribution in [1.29, 1.82) is 0 Å². The minimum atomic E-state index is -5.06. The quantitative estimate of drug-likeness (QED) is 0.311. The largest absolute Gasteiger partial charge is 0.506 e. The van der Waals surface area contributed by atoms with Crippen molar-refractivity contribution in [2.75, 3.05) is 0 Å². The SMILES string of the molecule is O=S(=O)(O)C(c1cccc(Cl)c1)(c1cc(O)c(Cl)c(Cl)c1)c1cccc(O)c1Cl. The Hall–Kier alpha value is -1.67. The Labute approximate surface area is 186 Å². The molecule has 0 aliphatic rings. The van der Waals surface area contributed by atoms with E-state index in [4.69, 9.17) is 46.4 Å². The maximum absolute atomic E-state index is 13.0. The van der Waals surface area contributed by atoms with E-state index in [0.29, 0.717) is 0 Å². The number of halogens is 4. The molecule has 3 aromatic rings. The van der Waals surface area contributed by atoms with Gasteiger partial charge in [0.2, 0.25) is 0 Å². The maximum Gasteiger partial charge on any atom is 0.283 e. The van der Waals surface area contributed by atoms with Crippen molar-refractivity contribution in [2.45, 2.75) is 4.75 Å². The van der Waals surface area contributed by atoms with Gasteiger partial charge < -0.3 is 10.2 Å². The molecule has 0 aromatic heterocycles. The number of rotatable bonds is 4. The van der Waals surface area contributed by atoms with Crippen molar-refractivity contribution in [1.82, 2.24) is 0 Å². The lowest BCUT2D eigenvalue weighted by atomic mass is 9.83. The summed E-state index contributed by atoms with van der Waals surface area (Å²) in [4.78, 5) is 0. The number of aromatic hydroxyl groups is 2. The molecule has 29 heavy (non-hydrogen) atoms. The van der Waals surface area contributed by atoms with E-state index in [0.717, 1.165) is 6.07 Å². The van der Waals surface area contributed by atoms with Crippen LogP contribution in [0, 0.1) is 0 Å². The second-order valence-corrected chi connectivity index (χ2v) is 9.26. The van der Waals surface area contributed by atoms with Crippen LogP contribution in [-0.2, 0) is 14.9 Å². The third-order valence-electron chi connectivity index (χ3n) is 4.39. The highest BCUT2D eigenvalue weighted by Gasteiger charge is 2.50. The second kappa shape index (κ2) is 7.87. The third-order valence-corrected chi connectivity index (χ3v) is 7.28. The van der Waals surface area contributed by atoms with Crippen LogP contribution in [0.2, 0.25) is 20.1 Å². The smallest absolute Gasteiger partial charge is 0.283 e. The van der Waals surface area contributed by atoms with Gasteiger partial charge in [0.1, 0.15) is 16.5 Å². The number of phenols is 2. The molecule has 152 valence electrons. The van der Waals surface area contributed by atoms with Gasteiger partial charge in [-0.25, -0.2) is 0 Å². The fraction of sp³-hybridized carbons (Fsp3) is 0.0526. The predicted molar refractivity (Wildman–Crippen MR) is 114 cm³/mol. The summed E-state index contributed by atoms with van der Waals surface area (Å²) in [5.41, 5.74) is -0.346. The van der Waals surface area contributed by atoms with Gasteiger partial charge in [-0.2, -0.15) is 8.42 Å². The van der Waals surface area contributed by atoms with Crippen LogP contribution in [0.3, 0.4) is 0 Å². The Kier molecular flexibility index (Phi) is 5.98. The van der Waals surface area contributed by atoms with Gasteiger partial charge in [-0.1, -0.05) is 70.7 Å². The molecule has 0 saturated carbocycles. The molecule has 0 spiro atoms. The Balaban J connectivity index is 2.61. The molecule has 0 heterocycles. The molecule has 0 aliphatic heterocycles. The third kappa shape index (κ3) is 3.65. The van der Waals surface area contributed by atoms with Gasteiger partial charge in [-0.05, 0) is 41.5 Å². The highest BCUT2D eigenvalue weighted by Crippen LogP contribution is 2.50. The van der Waals surface area contributed by atoms with E-state index in [1.165, 1.54) is 48.5 Å². The van der Waals surface area contributed by atoms with Crippen molar-refractivity contribution in [3.8, 4) is 11.5 Å². The van der Waals surface area contributed by atoms with Crippen LogP contribution in [-0.4, -0.2) is 23.2 Å². The van der Waals surface area contributed by atoms with Crippen molar-refractivity contribution in [3.63, 3.8) is 0 Å². The molecule has 5 nitrogen and oxygen atoms in total. The molecule has 10 heteroatoms. The van der Waals surface area contributed by atoms with Gasteiger partial charge in [0, 0.05) is 10.6 Å². The summed E-state index contributed by atoms with van der Waals surface area (Å²) in [6.07, 6.45) is 0. The summed E-state index contributed by atoms with van der Waals surface area (Å²) in [5.74, 6) is -0.927. The fourth-order valence-electron chi connectivity index (χ4n) is 3.19. The first-order valence-electron chi connectivity index (χ1n) is 7.89. The summed E-state index contributed by atoms with van der Waals surface area (Å²) in [7, 11) is -5.06. The van der Waals surface area contributed by atoms with Crippen molar-refractivity contribution in [3.05, 3.63) is 91.4 Å².